The van der Waals surface area contributed by atoms with E-state index in [1.807, 2.05) is 0 Å². The van der Waals surface area contributed by atoms with Gasteiger partial charge in [-0.15, -0.1) is 0 Å². The molecule has 2 aliphatic rings. The second-order valence-corrected chi connectivity index (χ2v) is 9.08. The van der Waals surface area contributed by atoms with Crippen LogP contribution in [-0.2, 0) is 10.0 Å². The van der Waals surface area contributed by atoms with Gasteiger partial charge >= 0.3 is 6.03 Å². The maximum absolute atomic E-state index is 12.2. The normalized spacial score (nSPS) is 27.0. The Kier molecular flexibility index (Phi) is 4.97. The van der Waals surface area contributed by atoms with E-state index in [9.17, 15) is 13.2 Å². The molecule has 0 aliphatic carbocycles. The van der Waals surface area contributed by atoms with Gasteiger partial charge in [-0.3, -0.25) is 0 Å². The average Bonchev–Trinajstić information content (AvgIpc) is 2.75. The molecule has 2 aliphatic heterocycles. The SMILES string of the molecule is CS(=O)(=O)N1[C@H]2CC[C@H]1CC(NC(=O)Nc1ccc(Cl)c(Cl)c1)C2. The number of piperidine rings is 1. The first-order valence-corrected chi connectivity index (χ1v) is 10.4. The van der Waals surface area contributed by atoms with Gasteiger partial charge in [0, 0.05) is 23.8 Å². The van der Waals surface area contributed by atoms with Gasteiger partial charge in [0.2, 0.25) is 10.0 Å². The van der Waals surface area contributed by atoms with Crippen LogP contribution in [0.4, 0.5) is 10.5 Å². The summed E-state index contributed by atoms with van der Waals surface area (Å²) >= 11 is 11.8. The molecular formula is C15H19Cl2N3O3S. The van der Waals surface area contributed by atoms with E-state index in [0.717, 1.165) is 12.8 Å². The fraction of sp³-hybridized carbons (Fsp3) is 0.533. The van der Waals surface area contributed by atoms with Crippen LogP contribution in [0.15, 0.2) is 18.2 Å². The van der Waals surface area contributed by atoms with Crippen molar-refractivity contribution in [2.75, 3.05) is 11.6 Å². The summed E-state index contributed by atoms with van der Waals surface area (Å²) in [4.78, 5) is 12.2. The van der Waals surface area contributed by atoms with Crippen LogP contribution in [0.1, 0.15) is 25.7 Å². The summed E-state index contributed by atoms with van der Waals surface area (Å²) in [6.45, 7) is 0. The lowest BCUT2D eigenvalue weighted by Crippen LogP contribution is -2.52. The summed E-state index contributed by atoms with van der Waals surface area (Å²) in [5, 5.41) is 6.44. The minimum Gasteiger partial charge on any atom is -0.335 e. The zero-order chi connectivity index (χ0) is 17.5. The Morgan fingerprint density at radius 3 is 2.33 bits per heavy atom. The number of benzene rings is 1. The lowest BCUT2D eigenvalue weighted by atomic mass is 10.00. The second-order valence-electron chi connectivity index (χ2n) is 6.37. The molecule has 2 N–H and O–H groups in total. The second kappa shape index (κ2) is 6.71. The molecule has 2 saturated heterocycles. The Labute approximate surface area is 151 Å². The van der Waals surface area contributed by atoms with E-state index >= 15 is 0 Å². The predicted molar refractivity (Wildman–Crippen MR) is 95.1 cm³/mol. The largest absolute Gasteiger partial charge is 0.335 e. The monoisotopic (exact) mass is 391 g/mol. The smallest absolute Gasteiger partial charge is 0.319 e. The highest BCUT2D eigenvalue weighted by atomic mass is 35.5. The zero-order valence-electron chi connectivity index (χ0n) is 13.1. The molecule has 1 aromatic carbocycles. The van der Waals surface area contributed by atoms with E-state index < -0.39 is 10.0 Å². The van der Waals surface area contributed by atoms with Gasteiger partial charge < -0.3 is 10.6 Å². The summed E-state index contributed by atoms with van der Waals surface area (Å²) < 4.78 is 25.4. The van der Waals surface area contributed by atoms with Crippen LogP contribution in [0.3, 0.4) is 0 Å². The van der Waals surface area contributed by atoms with E-state index in [-0.39, 0.29) is 24.2 Å². The van der Waals surface area contributed by atoms with Gasteiger partial charge in [0.05, 0.1) is 16.3 Å². The number of urea groups is 1. The Balaban J connectivity index is 1.59. The number of rotatable bonds is 3. The number of hydrogen-bond donors (Lipinski definition) is 2. The summed E-state index contributed by atoms with van der Waals surface area (Å²) in [5.74, 6) is 0. The van der Waals surface area contributed by atoms with Gasteiger partial charge in [-0.1, -0.05) is 23.2 Å². The topological polar surface area (TPSA) is 78.5 Å². The van der Waals surface area contributed by atoms with Crippen molar-refractivity contribution in [3.8, 4) is 0 Å². The van der Waals surface area contributed by atoms with Crippen LogP contribution in [0.5, 0.6) is 0 Å². The quantitative estimate of drug-likeness (QED) is 0.830. The molecule has 3 rings (SSSR count). The van der Waals surface area contributed by atoms with E-state index in [4.69, 9.17) is 23.2 Å². The van der Waals surface area contributed by atoms with Crippen molar-refractivity contribution in [2.45, 2.75) is 43.8 Å². The molecule has 132 valence electrons. The number of fused-ring (bicyclic) bond motifs is 2. The van der Waals surface area contributed by atoms with Gasteiger partial charge in [0.1, 0.15) is 0 Å². The number of carbonyl (C=O) groups excluding carboxylic acids is 1. The Morgan fingerprint density at radius 2 is 1.79 bits per heavy atom. The van der Waals surface area contributed by atoms with Gasteiger partial charge in [-0.25, -0.2) is 13.2 Å². The number of sulfonamides is 1. The lowest BCUT2D eigenvalue weighted by molar-refractivity contribution is 0.204. The summed E-state index contributed by atoms with van der Waals surface area (Å²) in [6, 6.07) is 4.46. The molecule has 6 nitrogen and oxygen atoms in total. The van der Waals surface area contributed by atoms with Crippen molar-refractivity contribution in [1.29, 1.82) is 0 Å². The Morgan fingerprint density at radius 1 is 1.17 bits per heavy atom. The third kappa shape index (κ3) is 3.79. The van der Waals surface area contributed by atoms with Crippen LogP contribution in [0.25, 0.3) is 0 Å². The lowest BCUT2D eigenvalue weighted by Gasteiger charge is -2.37. The number of nitrogens with zero attached hydrogens (tertiary/aromatic N) is 1. The number of hydrogen-bond acceptors (Lipinski definition) is 3. The first kappa shape index (κ1) is 17.8. The molecule has 0 unspecified atom stereocenters. The number of carbonyl (C=O) groups is 1. The van der Waals surface area contributed by atoms with Crippen LogP contribution in [0.2, 0.25) is 10.0 Å². The van der Waals surface area contributed by atoms with Crippen molar-refractivity contribution in [1.82, 2.24) is 9.62 Å². The van der Waals surface area contributed by atoms with Crippen LogP contribution in [-0.4, -0.2) is 43.1 Å². The molecule has 9 heteroatoms. The van der Waals surface area contributed by atoms with Crippen molar-refractivity contribution in [3.63, 3.8) is 0 Å². The van der Waals surface area contributed by atoms with Crippen LogP contribution >= 0.6 is 23.2 Å². The van der Waals surface area contributed by atoms with Crippen LogP contribution in [0, 0.1) is 0 Å². The van der Waals surface area contributed by atoms with E-state index in [0.29, 0.717) is 28.6 Å². The maximum Gasteiger partial charge on any atom is 0.319 e. The molecule has 2 fully saturated rings. The molecule has 2 amide bonds. The van der Waals surface area contributed by atoms with Gasteiger partial charge in [-0.05, 0) is 43.9 Å². The van der Waals surface area contributed by atoms with E-state index in [2.05, 4.69) is 10.6 Å². The number of nitrogens with one attached hydrogen (secondary N) is 2. The highest BCUT2D eigenvalue weighted by molar-refractivity contribution is 7.88. The minimum atomic E-state index is -3.19. The molecule has 2 bridgehead atoms. The van der Waals surface area contributed by atoms with Crippen molar-refractivity contribution in [2.24, 2.45) is 0 Å². The molecule has 24 heavy (non-hydrogen) atoms. The molecule has 2 atom stereocenters. The Hall–Kier alpha value is -1.02. The van der Waals surface area contributed by atoms with Crippen LogP contribution < -0.4 is 10.6 Å². The third-order valence-corrected chi connectivity index (χ3v) is 6.66. The molecule has 0 aromatic heterocycles. The minimum absolute atomic E-state index is 0.0194. The van der Waals surface area contributed by atoms with E-state index in [1.165, 1.54) is 6.26 Å². The molecule has 0 saturated carbocycles. The van der Waals surface area contributed by atoms with Crippen molar-refractivity contribution in [3.05, 3.63) is 28.2 Å². The summed E-state index contributed by atoms with van der Waals surface area (Å²) in [7, 11) is -3.19. The predicted octanol–water partition coefficient (Wildman–Crippen LogP) is 3.07. The average molecular weight is 392 g/mol. The molecule has 0 radical (unpaired) electrons. The Bertz CT molecular complexity index is 742. The summed E-state index contributed by atoms with van der Waals surface area (Å²) in [5.41, 5.74) is 0.554. The molecule has 2 heterocycles. The fourth-order valence-electron chi connectivity index (χ4n) is 3.72. The number of amides is 2. The third-order valence-electron chi connectivity index (χ3n) is 4.56. The first-order valence-electron chi connectivity index (χ1n) is 7.75. The highest BCUT2D eigenvalue weighted by Crippen LogP contribution is 2.37. The van der Waals surface area contributed by atoms with Crippen molar-refractivity contribution < 1.29 is 13.2 Å². The maximum atomic E-state index is 12.2. The fourth-order valence-corrected chi connectivity index (χ4v) is 5.48. The van der Waals surface area contributed by atoms with Gasteiger partial charge in [0.15, 0.2) is 0 Å². The molecule has 1 aromatic rings. The van der Waals surface area contributed by atoms with Crippen molar-refractivity contribution >= 4 is 44.9 Å². The number of anilines is 1. The zero-order valence-corrected chi connectivity index (χ0v) is 15.5. The van der Waals surface area contributed by atoms with E-state index in [1.54, 1.807) is 22.5 Å². The van der Waals surface area contributed by atoms with Gasteiger partial charge in [-0.2, -0.15) is 4.31 Å². The molecular weight excluding hydrogens is 373 g/mol. The highest BCUT2D eigenvalue weighted by Gasteiger charge is 2.45. The molecule has 0 spiro atoms. The first-order chi connectivity index (χ1) is 11.2. The number of halogens is 2. The van der Waals surface area contributed by atoms with Gasteiger partial charge in [0.25, 0.3) is 0 Å². The summed E-state index contributed by atoms with van der Waals surface area (Å²) in [6.07, 6.45) is 4.23. The standard InChI is InChI=1S/C15H19Cl2N3O3S/c1-24(22,23)20-11-3-4-12(20)7-10(6-11)19-15(21)18-9-2-5-13(16)14(17)8-9/h2,5,8,10-12H,3-4,6-7H2,1H3,(H2,18,19,21)/t11-,12-/m0/s1.